The van der Waals surface area contributed by atoms with E-state index in [0.29, 0.717) is 35.1 Å². The first-order valence-corrected chi connectivity index (χ1v) is 12.4. The fraction of sp³-hybridized carbons (Fsp3) is 0.500. The predicted octanol–water partition coefficient (Wildman–Crippen LogP) is 7.94. The van der Waals surface area contributed by atoms with Crippen LogP contribution in [0, 0.1) is 0 Å². The van der Waals surface area contributed by atoms with Gasteiger partial charge in [-0.15, -0.1) is 0 Å². The molecule has 0 aliphatic heterocycles. The van der Waals surface area contributed by atoms with Crippen LogP contribution in [0.25, 0.3) is 0 Å². The molecule has 0 spiro atoms. The molecule has 30 heavy (non-hydrogen) atoms. The lowest BCUT2D eigenvalue weighted by Crippen LogP contribution is -2.29. The normalized spacial score (nSPS) is 15.5. The maximum atomic E-state index is 6.11. The van der Waals surface area contributed by atoms with Crippen molar-refractivity contribution in [3.63, 3.8) is 0 Å². The Morgan fingerprint density at radius 3 is 2.33 bits per heavy atom. The molecule has 1 aliphatic rings. The molecular formula is C24H30BrCl2NO2. The molecule has 1 aliphatic carbocycles. The third kappa shape index (κ3) is 7.05. The van der Waals surface area contributed by atoms with Crippen LogP contribution in [0.15, 0.2) is 34.8 Å². The summed E-state index contributed by atoms with van der Waals surface area (Å²) in [6.07, 6.45) is 9.29. The largest absolute Gasteiger partial charge is 0.490 e. The third-order valence-corrected chi connectivity index (χ3v) is 6.95. The minimum absolute atomic E-state index is 0.392. The number of rotatable bonds is 8. The molecule has 2 aromatic carbocycles. The first-order valence-electron chi connectivity index (χ1n) is 10.8. The molecule has 0 radical (unpaired) electrons. The molecule has 0 saturated heterocycles. The maximum Gasteiger partial charge on any atom is 0.162 e. The summed E-state index contributed by atoms with van der Waals surface area (Å²) in [7, 11) is 0. The molecule has 0 amide bonds. The highest BCUT2D eigenvalue weighted by atomic mass is 79.9. The van der Waals surface area contributed by atoms with Crippen molar-refractivity contribution in [1.82, 2.24) is 5.32 Å². The van der Waals surface area contributed by atoms with Gasteiger partial charge in [0.1, 0.15) is 6.61 Å². The van der Waals surface area contributed by atoms with Gasteiger partial charge in [0.2, 0.25) is 0 Å². The van der Waals surface area contributed by atoms with Crippen molar-refractivity contribution in [2.75, 3.05) is 6.61 Å². The second-order valence-corrected chi connectivity index (χ2v) is 9.45. The van der Waals surface area contributed by atoms with Crippen LogP contribution in [0.1, 0.15) is 63.0 Å². The van der Waals surface area contributed by atoms with Gasteiger partial charge in [-0.1, -0.05) is 77.3 Å². The number of hydrogen-bond acceptors (Lipinski definition) is 3. The average Bonchev–Trinajstić information content (AvgIpc) is 2.70. The molecule has 3 rings (SSSR count). The monoisotopic (exact) mass is 513 g/mol. The molecule has 1 fully saturated rings. The van der Waals surface area contributed by atoms with E-state index in [4.69, 9.17) is 32.7 Å². The van der Waals surface area contributed by atoms with Gasteiger partial charge in [-0.3, -0.25) is 0 Å². The molecule has 6 heteroatoms. The molecule has 3 nitrogen and oxygen atoms in total. The topological polar surface area (TPSA) is 30.5 Å². The van der Waals surface area contributed by atoms with E-state index in [1.165, 1.54) is 50.5 Å². The summed E-state index contributed by atoms with van der Waals surface area (Å²) in [5.74, 6) is 1.47. The van der Waals surface area contributed by atoms with Gasteiger partial charge >= 0.3 is 0 Å². The second-order valence-electron chi connectivity index (χ2n) is 7.78. The lowest BCUT2D eigenvalue weighted by Gasteiger charge is -2.22. The lowest BCUT2D eigenvalue weighted by atomic mass is 9.96. The van der Waals surface area contributed by atoms with Gasteiger partial charge in [0.25, 0.3) is 0 Å². The number of hydrogen-bond donors (Lipinski definition) is 1. The summed E-state index contributed by atoms with van der Waals surface area (Å²) < 4.78 is 12.9. The Kier molecular flexibility index (Phi) is 9.64. The Hall–Kier alpha value is -0.940. The van der Waals surface area contributed by atoms with Crippen molar-refractivity contribution in [3.05, 3.63) is 56.0 Å². The Bertz CT molecular complexity index is 823. The fourth-order valence-electron chi connectivity index (χ4n) is 3.80. The van der Waals surface area contributed by atoms with Gasteiger partial charge in [0.15, 0.2) is 11.5 Å². The summed E-state index contributed by atoms with van der Waals surface area (Å²) >= 11 is 15.8. The summed E-state index contributed by atoms with van der Waals surface area (Å²) in [6.45, 7) is 3.78. The first kappa shape index (κ1) is 23.7. The molecule has 164 valence electrons. The molecule has 1 saturated carbocycles. The highest BCUT2D eigenvalue weighted by molar-refractivity contribution is 9.10. The van der Waals surface area contributed by atoms with E-state index in [-0.39, 0.29) is 0 Å². The lowest BCUT2D eigenvalue weighted by molar-refractivity contribution is 0.268. The van der Waals surface area contributed by atoms with E-state index in [1.54, 1.807) is 6.07 Å². The van der Waals surface area contributed by atoms with Gasteiger partial charge in [0, 0.05) is 17.1 Å². The average molecular weight is 515 g/mol. The SMILES string of the molecule is CCOc1cc(CNC2CCCCCCC2)c(Br)cc1OCc1ccc(Cl)c(Cl)c1. The van der Waals surface area contributed by atoms with Crippen LogP contribution in [0.4, 0.5) is 0 Å². The van der Waals surface area contributed by atoms with Crippen molar-refractivity contribution in [2.45, 2.75) is 71.1 Å². The molecule has 0 aromatic heterocycles. The van der Waals surface area contributed by atoms with Crippen molar-refractivity contribution in [2.24, 2.45) is 0 Å². The molecule has 0 unspecified atom stereocenters. The van der Waals surface area contributed by atoms with E-state index in [1.807, 2.05) is 25.1 Å². The first-order chi connectivity index (χ1) is 14.6. The zero-order valence-corrected chi connectivity index (χ0v) is 20.6. The smallest absolute Gasteiger partial charge is 0.162 e. The third-order valence-electron chi connectivity index (χ3n) is 5.48. The second kappa shape index (κ2) is 12.2. The van der Waals surface area contributed by atoms with Crippen LogP contribution < -0.4 is 14.8 Å². The summed E-state index contributed by atoms with van der Waals surface area (Å²) in [5.41, 5.74) is 2.14. The highest BCUT2D eigenvalue weighted by Crippen LogP contribution is 2.35. The molecule has 0 heterocycles. The van der Waals surface area contributed by atoms with E-state index in [9.17, 15) is 0 Å². The van der Waals surface area contributed by atoms with Gasteiger partial charge in [-0.2, -0.15) is 0 Å². The molecule has 0 bridgehead atoms. The standard InChI is InChI=1S/C24H30BrCl2NO2/c1-2-29-23-13-18(15-28-19-8-6-4-3-5-7-9-19)20(25)14-24(23)30-16-17-10-11-21(26)22(27)12-17/h10-14,19,28H,2-9,15-16H2,1H3. The van der Waals surface area contributed by atoms with Gasteiger partial charge in [-0.05, 0) is 55.2 Å². The Balaban J connectivity index is 1.67. The Morgan fingerprint density at radius 1 is 0.933 bits per heavy atom. The quantitative estimate of drug-likeness (QED) is 0.387. The molecular weight excluding hydrogens is 485 g/mol. The van der Waals surface area contributed by atoms with Gasteiger partial charge in [-0.25, -0.2) is 0 Å². The van der Waals surface area contributed by atoms with Crippen molar-refractivity contribution < 1.29 is 9.47 Å². The number of benzene rings is 2. The Morgan fingerprint density at radius 2 is 1.63 bits per heavy atom. The van der Waals surface area contributed by atoms with E-state index in [2.05, 4.69) is 27.3 Å². The highest BCUT2D eigenvalue weighted by Gasteiger charge is 2.15. The molecule has 1 N–H and O–H groups in total. The van der Waals surface area contributed by atoms with Crippen molar-refractivity contribution >= 4 is 39.1 Å². The maximum absolute atomic E-state index is 6.11. The van der Waals surface area contributed by atoms with E-state index in [0.717, 1.165) is 22.3 Å². The number of nitrogens with one attached hydrogen (secondary N) is 1. The number of halogens is 3. The minimum atomic E-state index is 0.392. The van der Waals surface area contributed by atoms with Gasteiger partial charge in [0.05, 0.1) is 16.7 Å². The van der Waals surface area contributed by atoms with Crippen LogP contribution in [-0.4, -0.2) is 12.6 Å². The van der Waals surface area contributed by atoms with Crippen LogP contribution in [-0.2, 0) is 13.2 Å². The van der Waals surface area contributed by atoms with Crippen molar-refractivity contribution in [1.29, 1.82) is 0 Å². The minimum Gasteiger partial charge on any atom is -0.490 e. The van der Waals surface area contributed by atoms with Crippen LogP contribution >= 0.6 is 39.1 Å². The van der Waals surface area contributed by atoms with Gasteiger partial charge < -0.3 is 14.8 Å². The van der Waals surface area contributed by atoms with Crippen molar-refractivity contribution in [3.8, 4) is 11.5 Å². The number of ether oxygens (including phenoxy) is 2. The Labute approximate surface area is 198 Å². The predicted molar refractivity (Wildman–Crippen MR) is 129 cm³/mol. The van der Waals surface area contributed by atoms with Crippen LogP contribution in [0.5, 0.6) is 11.5 Å². The molecule has 2 aromatic rings. The molecule has 0 atom stereocenters. The summed E-state index contributed by atoms with van der Waals surface area (Å²) in [5, 5.41) is 4.82. The van der Waals surface area contributed by atoms with Crippen LogP contribution in [0.2, 0.25) is 10.0 Å². The zero-order chi connectivity index (χ0) is 21.3. The summed E-state index contributed by atoms with van der Waals surface area (Å²) in [6, 6.07) is 10.2. The van der Waals surface area contributed by atoms with E-state index < -0.39 is 0 Å². The summed E-state index contributed by atoms with van der Waals surface area (Å²) in [4.78, 5) is 0. The zero-order valence-electron chi connectivity index (χ0n) is 17.5. The fourth-order valence-corrected chi connectivity index (χ4v) is 4.58. The van der Waals surface area contributed by atoms with E-state index >= 15 is 0 Å². The van der Waals surface area contributed by atoms with Crippen LogP contribution in [0.3, 0.4) is 0 Å².